The van der Waals surface area contributed by atoms with Crippen molar-refractivity contribution in [2.75, 3.05) is 13.1 Å². The van der Waals surface area contributed by atoms with Gasteiger partial charge in [-0.05, 0) is 22.3 Å². The van der Waals surface area contributed by atoms with E-state index in [1.165, 1.54) is 16.3 Å². The molecule has 1 N–H and O–H groups in total. The molecule has 2 unspecified atom stereocenters. The van der Waals surface area contributed by atoms with Crippen molar-refractivity contribution in [1.82, 2.24) is 5.32 Å². The number of hydrogen-bond donors (Lipinski definition) is 1. The normalized spacial score (nSPS) is 23.9. The second-order valence-electron chi connectivity index (χ2n) is 5.63. The number of hydrogen-bond acceptors (Lipinski definition) is 2. The lowest BCUT2D eigenvalue weighted by atomic mass is 9.98. The van der Waals surface area contributed by atoms with Crippen molar-refractivity contribution in [3.05, 3.63) is 48.0 Å². The van der Waals surface area contributed by atoms with E-state index in [2.05, 4.69) is 61.6 Å². The molecule has 19 heavy (non-hydrogen) atoms. The van der Waals surface area contributed by atoms with Crippen molar-refractivity contribution in [2.24, 2.45) is 5.92 Å². The van der Waals surface area contributed by atoms with E-state index < -0.39 is 0 Å². The third-order valence-corrected chi connectivity index (χ3v) is 3.93. The van der Waals surface area contributed by atoms with Gasteiger partial charge in [0.1, 0.15) is 0 Å². The SMILES string of the molecule is CC(C)C1CNCC(c2cccc3ccccc23)O1. The molecule has 2 aromatic rings. The van der Waals surface area contributed by atoms with E-state index in [-0.39, 0.29) is 6.10 Å². The first-order chi connectivity index (χ1) is 9.25. The second-order valence-corrected chi connectivity index (χ2v) is 5.63. The Bertz CT molecular complexity index is 559. The van der Waals surface area contributed by atoms with E-state index in [0.717, 1.165) is 13.1 Å². The summed E-state index contributed by atoms with van der Waals surface area (Å²) in [6, 6.07) is 15.0. The molecule has 3 rings (SSSR count). The zero-order valence-electron chi connectivity index (χ0n) is 11.6. The summed E-state index contributed by atoms with van der Waals surface area (Å²) < 4.78 is 6.28. The van der Waals surface area contributed by atoms with Crippen LogP contribution in [0.3, 0.4) is 0 Å². The van der Waals surface area contributed by atoms with Gasteiger partial charge in [0.2, 0.25) is 0 Å². The van der Waals surface area contributed by atoms with Gasteiger partial charge in [0.15, 0.2) is 0 Å². The minimum Gasteiger partial charge on any atom is -0.367 e. The molecule has 0 aromatic heterocycles. The van der Waals surface area contributed by atoms with E-state index in [9.17, 15) is 0 Å². The lowest BCUT2D eigenvalue weighted by molar-refractivity contribution is -0.0597. The highest BCUT2D eigenvalue weighted by Crippen LogP contribution is 2.29. The molecule has 1 heterocycles. The lowest BCUT2D eigenvalue weighted by Gasteiger charge is -2.34. The molecule has 2 heteroatoms. The summed E-state index contributed by atoms with van der Waals surface area (Å²) in [7, 11) is 0. The van der Waals surface area contributed by atoms with Gasteiger partial charge in [0.25, 0.3) is 0 Å². The monoisotopic (exact) mass is 255 g/mol. The fourth-order valence-corrected chi connectivity index (χ4v) is 2.77. The summed E-state index contributed by atoms with van der Waals surface area (Å²) >= 11 is 0. The molecule has 2 nitrogen and oxygen atoms in total. The zero-order valence-corrected chi connectivity index (χ0v) is 11.6. The van der Waals surface area contributed by atoms with Crippen LogP contribution < -0.4 is 5.32 Å². The molecule has 0 spiro atoms. The summed E-state index contributed by atoms with van der Waals surface area (Å²) in [6.45, 7) is 6.30. The van der Waals surface area contributed by atoms with Crippen LogP contribution in [0.1, 0.15) is 25.5 Å². The van der Waals surface area contributed by atoms with Gasteiger partial charge in [-0.1, -0.05) is 56.3 Å². The fourth-order valence-electron chi connectivity index (χ4n) is 2.77. The van der Waals surface area contributed by atoms with Crippen LogP contribution in [-0.2, 0) is 4.74 Å². The smallest absolute Gasteiger partial charge is 0.0959 e. The molecule has 2 atom stereocenters. The molecular weight excluding hydrogens is 234 g/mol. The standard InChI is InChI=1S/C17H21NO/c1-12(2)16-10-18-11-17(19-16)15-9-5-7-13-6-3-4-8-14(13)15/h3-9,12,16-18H,10-11H2,1-2H3. The predicted molar refractivity (Wildman–Crippen MR) is 79.3 cm³/mol. The molecule has 0 bridgehead atoms. The van der Waals surface area contributed by atoms with Gasteiger partial charge in [-0.3, -0.25) is 0 Å². The highest BCUT2D eigenvalue weighted by Gasteiger charge is 2.26. The Hall–Kier alpha value is -1.38. The Labute approximate surface area is 114 Å². The predicted octanol–water partition coefficient (Wildman–Crippen LogP) is 3.53. The number of ether oxygens (including phenoxy) is 1. The van der Waals surface area contributed by atoms with E-state index in [1.54, 1.807) is 0 Å². The van der Waals surface area contributed by atoms with Crippen molar-refractivity contribution in [1.29, 1.82) is 0 Å². The Morgan fingerprint density at radius 1 is 1.05 bits per heavy atom. The Morgan fingerprint density at radius 3 is 2.68 bits per heavy atom. The molecule has 1 aliphatic rings. The van der Waals surface area contributed by atoms with Gasteiger partial charge in [-0.25, -0.2) is 0 Å². The molecule has 0 aliphatic carbocycles. The van der Waals surface area contributed by atoms with Gasteiger partial charge in [0, 0.05) is 13.1 Å². The highest BCUT2D eigenvalue weighted by molar-refractivity contribution is 5.86. The number of benzene rings is 2. The lowest BCUT2D eigenvalue weighted by Crippen LogP contribution is -2.43. The van der Waals surface area contributed by atoms with Gasteiger partial charge in [-0.2, -0.15) is 0 Å². The van der Waals surface area contributed by atoms with Gasteiger partial charge < -0.3 is 10.1 Å². The number of rotatable bonds is 2. The summed E-state index contributed by atoms with van der Waals surface area (Å²) in [5.41, 5.74) is 1.30. The number of nitrogens with one attached hydrogen (secondary N) is 1. The van der Waals surface area contributed by atoms with Crippen molar-refractivity contribution < 1.29 is 4.74 Å². The van der Waals surface area contributed by atoms with E-state index in [0.29, 0.717) is 12.0 Å². The number of fused-ring (bicyclic) bond motifs is 1. The largest absolute Gasteiger partial charge is 0.367 e. The van der Waals surface area contributed by atoms with Gasteiger partial charge in [-0.15, -0.1) is 0 Å². The molecule has 0 saturated carbocycles. The van der Waals surface area contributed by atoms with Crippen LogP contribution in [0, 0.1) is 5.92 Å². The summed E-state index contributed by atoms with van der Waals surface area (Å²) in [6.07, 6.45) is 0.463. The van der Waals surface area contributed by atoms with Crippen LogP contribution in [0.15, 0.2) is 42.5 Å². The van der Waals surface area contributed by atoms with Crippen LogP contribution in [0.5, 0.6) is 0 Å². The third-order valence-electron chi connectivity index (χ3n) is 3.93. The van der Waals surface area contributed by atoms with Crippen LogP contribution in [0.25, 0.3) is 10.8 Å². The molecule has 0 radical (unpaired) electrons. The first-order valence-corrected chi connectivity index (χ1v) is 7.09. The quantitative estimate of drug-likeness (QED) is 0.886. The zero-order chi connectivity index (χ0) is 13.2. The maximum absolute atomic E-state index is 6.28. The molecule has 1 aliphatic heterocycles. The third kappa shape index (κ3) is 2.51. The van der Waals surface area contributed by atoms with Crippen LogP contribution in [-0.4, -0.2) is 19.2 Å². The minimum absolute atomic E-state index is 0.159. The molecular formula is C17H21NO. The van der Waals surface area contributed by atoms with E-state index >= 15 is 0 Å². The Morgan fingerprint density at radius 2 is 1.84 bits per heavy atom. The summed E-state index contributed by atoms with van der Waals surface area (Å²) in [5, 5.41) is 6.10. The molecule has 100 valence electrons. The molecule has 2 aromatic carbocycles. The highest BCUT2D eigenvalue weighted by atomic mass is 16.5. The molecule has 0 amide bonds. The molecule has 1 saturated heterocycles. The van der Waals surface area contributed by atoms with Crippen LogP contribution in [0.2, 0.25) is 0 Å². The van der Waals surface area contributed by atoms with Crippen molar-refractivity contribution >= 4 is 10.8 Å². The second kappa shape index (κ2) is 5.32. The maximum atomic E-state index is 6.28. The minimum atomic E-state index is 0.159. The van der Waals surface area contributed by atoms with Gasteiger partial charge in [0.05, 0.1) is 12.2 Å². The Balaban J connectivity index is 1.95. The van der Waals surface area contributed by atoms with Crippen molar-refractivity contribution in [3.8, 4) is 0 Å². The number of morpholine rings is 1. The maximum Gasteiger partial charge on any atom is 0.0959 e. The first-order valence-electron chi connectivity index (χ1n) is 7.09. The average molecular weight is 255 g/mol. The fraction of sp³-hybridized carbons (Fsp3) is 0.412. The van der Waals surface area contributed by atoms with Crippen molar-refractivity contribution in [3.63, 3.8) is 0 Å². The summed E-state index contributed by atoms with van der Waals surface area (Å²) in [5.74, 6) is 0.547. The Kier molecular flexibility index (Phi) is 3.54. The van der Waals surface area contributed by atoms with E-state index in [1.807, 2.05) is 0 Å². The molecule has 1 fully saturated rings. The first kappa shape index (κ1) is 12.6. The summed E-state index contributed by atoms with van der Waals surface area (Å²) in [4.78, 5) is 0. The van der Waals surface area contributed by atoms with Crippen molar-refractivity contribution in [2.45, 2.75) is 26.1 Å². The van der Waals surface area contributed by atoms with Gasteiger partial charge >= 0.3 is 0 Å². The van der Waals surface area contributed by atoms with E-state index in [4.69, 9.17) is 4.74 Å². The van der Waals surface area contributed by atoms with Crippen LogP contribution in [0.4, 0.5) is 0 Å². The average Bonchev–Trinajstić information content (AvgIpc) is 2.47. The van der Waals surface area contributed by atoms with Crippen LogP contribution >= 0.6 is 0 Å². The topological polar surface area (TPSA) is 21.3 Å².